The number of amides is 1. The molecule has 1 fully saturated rings. The number of rotatable bonds is 2. The standard InChI is InChI=1S/C10H14ClN3O/c1-13-7-8(6-12-13)10(15)14-4-2-3-9(14)5-11/h6-7,9H,2-5H2,1H3. The zero-order valence-corrected chi connectivity index (χ0v) is 9.44. The fourth-order valence-corrected chi connectivity index (χ4v) is 2.28. The van der Waals surface area contributed by atoms with Gasteiger partial charge in [0.15, 0.2) is 0 Å². The zero-order valence-electron chi connectivity index (χ0n) is 8.69. The first-order valence-electron chi connectivity index (χ1n) is 5.08. The predicted octanol–water partition coefficient (Wildman–Crippen LogP) is 1.26. The first-order valence-corrected chi connectivity index (χ1v) is 5.61. The highest BCUT2D eigenvalue weighted by Crippen LogP contribution is 2.20. The van der Waals surface area contributed by atoms with E-state index in [-0.39, 0.29) is 11.9 Å². The second-order valence-electron chi connectivity index (χ2n) is 3.85. The van der Waals surface area contributed by atoms with E-state index in [0.29, 0.717) is 11.4 Å². The number of hydrogen-bond acceptors (Lipinski definition) is 2. The monoisotopic (exact) mass is 227 g/mol. The maximum Gasteiger partial charge on any atom is 0.257 e. The van der Waals surface area contributed by atoms with E-state index in [2.05, 4.69) is 5.10 Å². The maximum absolute atomic E-state index is 12.0. The molecule has 0 saturated carbocycles. The van der Waals surface area contributed by atoms with Gasteiger partial charge in [0.05, 0.1) is 11.8 Å². The van der Waals surface area contributed by atoms with Gasteiger partial charge in [-0.3, -0.25) is 9.48 Å². The molecule has 0 aromatic carbocycles. The lowest BCUT2D eigenvalue weighted by Crippen LogP contribution is -2.36. The number of aryl methyl sites for hydroxylation is 1. The molecule has 1 aromatic rings. The predicted molar refractivity (Wildman–Crippen MR) is 58.0 cm³/mol. The summed E-state index contributed by atoms with van der Waals surface area (Å²) in [5.41, 5.74) is 0.648. The quantitative estimate of drug-likeness (QED) is 0.714. The van der Waals surface area contributed by atoms with Crippen LogP contribution in [-0.4, -0.2) is 39.1 Å². The van der Waals surface area contributed by atoms with Crippen LogP contribution in [0.25, 0.3) is 0 Å². The lowest BCUT2D eigenvalue weighted by Gasteiger charge is -2.21. The molecule has 15 heavy (non-hydrogen) atoms. The van der Waals surface area contributed by atoms with Crippen LogP contribution in [0.2, 0.25) is 0 Å². The van der Waals surface area contributed by atoms with Gasteiger partial charge >= 0.3 is 0 Å². The van der Waals surface area contributed by atoms with E-state index < -0.39 is 0 Å². The molecule has 0 radical (unpaired) electrons. The summed E-state index contributed by atoms with van der Waals surface area (Å²) in [5, 5.41) is 4.00. The molecule has 1 aromatic heterocycles. The molecule has 1 aliphatic heterocycles. The second-order valence-corrected chi connectivity index (χ2v) is 4.16. The Labute approximate surface area is 93.8 Å². The smallest absolute Gasteiger partial charge is 0.257 e. The third-order valence-electron chi connectivity index (χ3n) is 2.77. The van der Waals surface area contributed by atoms with E-state index in [9.17, 15) is 4.79 Å². The van der Waals surface area contributed by atoms with Crippen LogP contribution in [0, 0.1) is 0 Å². The van der Waals surface area contributed by atoms with Crippen LogP contribution in [-0.2, 0) is 7.05 Å². The highest BCUT2D eigenvalue weighted by molar-refractivity contribution is 6.18. The molecule has 2 heterocycles. The number of carbonyl (C=O) groups excluding carboxylic acids is 1. The van der Waals surface area contributed by atoms with Gasteiger partial charge in [-0.25, -0.2) is 0 Å². The van der Waals surface area contributed by atoms with Crippen molar-refractivity contribution < 1.29 is 4.79 Å². The zero-order chi connectivity index (χ0) is 10.8. The van der Waals surface area contributed by atoms with Gasteiger partial charge in [-0.2, -0.15) is 5.10 Å². The van der Waals surface area contributed by atoms with E-state index >= 15 is 0 Å². The van der Waals surface area contributed by atoms with E-state index in [1.165, 1.54) is 0 Å². The molecule has 0 spiro atoms. The average molecular weight is 228 g/mol. The van der Waals surface area contributed by atoms with Crippen molar-refractivity contribution in [2.75, 3.05) is 12.4 Å². The van der Waals surface area contributed by atoms with E-state index in [4.69, 9.17) is 11.6 Å². The molecule has 4 nitrogen and oxygen atoms in total. The molecule has 1 unspecified atom stereocenters. The van der Waals surface area contributed by atoms with Crippen LogP contribution in [0.3, 0.4) is 0 Å². The van der Waals surface area contributed by atoms with Crippen LogP contribution < -0.4 is 0 Å². The van der Waals surface area contributed by atoms with Gasteiger partial charge in [0, 0.05) is 31.7 Å². The first-order chi connectivity index (χ1) is 7.22. The normalized spacial score (nSPS) is 20.9. The Morgan fingerprint density at radius 1 is 1.73 bits per heavy atom. The summed E-state index contributed by atoms with van der Waals surface area (Å²) in [5.74, 6) is 0.567. The molecule has 1 saturated heterocycles. The summed E-state index contributed by atoms with van der Waals surface area (Å²) >= 11 is 5.82. The minimum atomic E-state index is 0.0475. The van der Waals surface area contributed by atoms with Crippen molar-refractivity contribution >= 4 is 17.5 Å². The number of likely N-dealkylation sites (tertiary alicyclic amines) is 1. The lowest BCUT2D eigenvalue weighted by atomic mass is 10.2. The SMILES string of the molecule is Cn1cc(C(=O)N2CCCC2CCl)cn1. The molecule has 1 atom stereocenters. The summed E-state index contributed by atoms with van der Waals surface area (Å²) in [6, 6.07) is 0.194. The van der Waals surface area contributed by atoms with Crippen molar-refractivity contribution in [3.63, 3.8) is 0 Å². The number of halogens is 1. The van der Waals surface area contributed by atoms with Crippen molar-refractivity contribution in [3.05, 3.63) is 18.0 Å². The third-order valence-corrected chi connectivity index (χ3v) is 3.12. The molecule has 2 rings (SSSR count). The fraction of sp³-hybridized carbons (Fsp3) is 0.600. The van der Waals surface area contributed by atoms with E-state index in [1.54, 1.807) is 24.1 Å². The van der Waals surface area contributed by atoms with Gasteiger partial charge < -0.3 is 4.90 Å². The first kappa shape index (κ1) is 10.5. The Kier molecular flexibility index (Phi) is 2.95. The van der Waals surface area contributed by atoms with Gasteiger partial charge in [0.25, 0.3) is 5.91 Å². The second kappa shape index (κ2) is 4.23. The average Bonchev–Trinajstić information content (AvgIpc) is 2.84. The number of nitrogens with zero attached hydrogens (tertiary/aromatic N) is 3. The summed E-state index contributed by atoms with van der Waals surface area (Å²) in [4.78, 5) is 13.9. The van der Waals surface area contributed by atoms with Crippen molar-refractivity contribution in [2.45, 2.75) is 18.9 Å². The topological polar surface area (TPSA) is 38.1 Å². The maximum atomic E-state index is 12.0. The van der Waals surface area contributed by atoms with E-state index in [0.717, 1.165) is 19.4 Å². The summed E-state index contributed by atoms with van der Waals surface area (Å²) < 4.78 is 1.64. The number of hydrogen-bond donors (Lipinski definition) is 0. The molecule has 0 aliphatic carbocycles. The molecular weight excluding hydrogens is 214 g/mol. The summed E-state index contributed by atoms with van der Waals surface area (Å²) in [6.07, 6.45) is 5.40. The largest absolute Gasteiger partial charge is 0.334 e. The minimum Gasteiger partial charge on any atom is -0.334 e. The molecular formula is C10H14ClN3O. The van der Waals surface area contributed by atoms with Gasteiger partial charge in [-0.05, 0) is 12.8 Å². The Morgan fingerprint density at radius 2 is 2.53 bits per heavy atom. The van der Waals surface area contributed by atoms with Crippen molar-refractivity contribution in [3.8, 4) is 0 Å². The highest BCUT2D eigenvalue weighted by Gasteiger charge is 2.29. The summed E-state index contributed by atoms with van der Waals surface area (Å²) in [7, 11) is 1.81. The van der Waals surface area contributed by atoms with Crippen LogP contribution in [0.5, 0.6) is 0 Å². The van der Waals surface area contributed by atoms with Crippen molar-refractivity contribution in [1.82, 2.24) is 14.7 Å². The van der Waals surface area contributed by atoms with E-state index in [1.807, 2.05) is 4.90 Å². The molecule has 82 valence electrons. The molecule has 0 N–H and O–H groups in total. The number of alkyl halides is 1. The Balaban J connectivity index is 2.13. The minimum absolute atomic E-state index is 0.0475. The van der Waals surface area contributed by atoms with Gasteiger partial charge in [-0.1, -0.05) is 0 Å². The summed E-state index contributed by atoms with van der Waals surface area (Å²) in [6.45, 7) is 0.811. The van der Waals surface area contributed by atoms with Crippen molar-refractivity contribution in [1.29, 1.82) is 0 Å². The van der Waals surface area contributed by atoms with Gasteiger partial charge in [0.1, 0.15) is 0 Å². The molecule has 5 heteroatoms. The fourth-order valence-electron chi connectivity index (χ4n) is 1.96. The Morgan fingerprint density at radius 3 is 3.13 bits per heavy atom. The van der Waals surface area contributed by atoms with Gasteiger partial charge in [0.2, 0.25) is 0 Å². The van der Waals surface area contributed by atoms with Crippen LogP contribution in [0.1, 0.15) is 23.2 Å². The molecule has 1 amide bonds. The molecule has 0 bridgehead atoms. The Bertz CT molecular complexity index is 363. The van der Waals surface area contributed by atoms with Crippen molar-refractivity contribution in [2.24, 2.45) is 7.05 Å². The number of carbonyl (C=O) groups is 1. The highest BCUT2D eigenvalue weighted by atomic mass is 35.5. The Hall–Kier alpha value is -1.03. The van der Waals surface area contributed by atoms with Gasteiger partial charge in [-0.15, -0.1) is 11.6 Å². The van der Waals surface area contributed by atoms with Crippen LogP contribution in [0.4, 0.5) is 0 Å². The third kappa shape index (κ3) is 2.00. The molecule has 1 aliphatic rings. The van der Waals surface area contributed by atoms with Crippen LogP contribution in [0.15, 0.2) is 12.4 Å². The lowest BCUT2D eigenvalue weighted by molar-refractivity contribution is 0.0749. The number of aromatic nitrogens is 2. The van der Waals surface area contributed by atoms with Crippen LogP contribution >= 0.6 is 11.6 Å².